The van der Waals surface area contributed by atoms with E-state index < -0.39 is 18.0 Å². The third kappa shape index (κ3) is 7.13. The smallest absolute Gasteiger partial charge is 0.242 e. The lowest BCUT2D eigenvalue weighted by molar-refractivity contribution is -0.129. The third-order valence-corrected chi connectivity index (χ3v) is 4.13. The van der Waals surface area contributed by atoms with Crippen LogP contribution in [0.15, 0.2) is 12.5 Å². The number of nitrogens with zero attached hydrogens (tertiary/aromatic N) is 1. The molecule has 0 aliphatic rings. The first-order valence-electron chi connectivity index (χ1n) is 8.75. The zero-order valence-electron chi connectivity index (χ0n) is 16.0. The fraction of sp³-hybridized carbons (Fsp3) is 0.625. The summed E-state index contributed by atoms with van der Waals surface area (Å²) in [6.45, 7) is 7.55. The molecule has 144 valence electrons. The molecule has 0 radical (unpaired) electrons. The van der Waals surface area contributed by atoms with E-state index in [1.165, 1.54) is 6.33 Å². The summed E-state index contributed by atoms with van der Waals surface area (Å²) in [6.07, 6.45) is 3.45. The van der Waals surface area contributed by atoms with Gasteiger partial charge in [-0.05, 0) is 18.8 Å². The van der Waals surface area contributed by atoms with Gasteiger partial charge in [-0.25, -0.2) is 4.98 Å². The number of hydrogen-bond donors (Lipinski definition) is 5. The summed E-state index contributed by atoms with van der Waals surface area (Å²) in [5.74, 6) is -0.411. The van der Waals surface area contributed by atoms with E-state index in [-0.39, 0.29) is 23.8 Å². The molecule has 0 spiro atoms. The van der Waals surface area contributed by atoms with Crippen molar-refractivity contribution in [2.45, 2.75) is 58.2 Å². The number of hydrogen-bond acceptors (Lipinski definition) is 5. The second kappa shape index (κ2) is 10.3. The van der Waals surface area contributed by atoms with Gasteiger partial charge in [0, 0.05) is 18.3 Å². The van der Waals surface area contributed by atoms with Crippen molar-refractivity contribution in [2.24, 2.45) is 11.7 Å². The highest BCUT2D eigenvalue weighted by molar-refractivity contribution is 7.80. The van der Waals surface area contributed by atoms with Crippen LogP contribution in [0.4, 0.5) is 0 Å². The maximum atomic E-state index is 12.5. The molecule has 0 saturated carbocycles. The lowest BCUT2D eigenvalue weighted by atomic mass is 9.97. The molecule has 0 bridgehead atoms. The number of carbonyl (C=O) groups is 2. The first kappa shape index (κ1) is 22.1. The molecule has 8 nitrogen and oxygen atoms in total. The van der Waals surface area contributed by atoms with E-state index in [4.69, 9.17) is 18.0 Å². The predicted octanol–water partition coefficient (Wildman–Crippen LogP) is -1.18. The Morgan fingerprint density at radius 2 is 1.88 bits per heavy atom. The zero-order chi connectivity index (χ0) is 19.9. The minimum Gasteiger partial charge on any atom is -0.384 e. The Bertz CT molecular complexity index is 608. The van der Waals surface area contributed by atoms with Crippen LogP contribution in [0.5, 0.6) is 0 Å². The van der Waals surface area contributed by atoms with Crippen LogP contribution in [0.2, 0.25) is 0 Å². The van der Waals surface area contributed by atoms with E-state index in [0.29, 0.717) is 11.4 Å². The van der Waals surface area contributed by atoms with Crippen LogP contribution in [0.1, 0.15) is 33.4 Å². The van der Waals surface area contributed by atoms with Crippen molar-refractivity contribution in [2.75, 3.05) is 0 Å². The maximum absolute atomic E-state index is 12.5. The highest BCUT2D eigenvalue weighted by Gasteiger charge is 2.26. The standard InChI is InChI=1S/C16H29BN6O2S/c1-8(2)13(16(26)22-10(4)17)23-14(24)9(3)21-15(25)12(18)5-11-6-19-7-20-11/h6-10,12-13H,5,17-18H2,1-4H3,(H,19,20)(H,21,25)(H,22,26)(H,23,24)/t9-,10-,12-,13-/m0/s1. The molecule has 1 aromatic heterocycles. The van der Waals surface area contributed by atoms with Crippen LogP contribution < -0.4 is 21.7 Å². The molecule has 0 aliphatic carbocycles. The van der Waals surface area contributed by atoms with Gasteiger partial charge >= 0.3 is 0 Å². The van der Waals surface area contributed by atoms with Crippen LogP contribution in [0.3, 0.4) is 0 Å². The van der Waals surface area contributed by atoms with Crippen molar-refractivity contribution < 1.29 is 9.59 Å². The molecule has 4 atom stereocenters. The number of carbonyl (C=O) groups excluding carboxylic acids is 2. The van der Waals surface area contributed by atoms with Gasteiger partial charge in [-0.3, -0.25) is 9.59 Å². The Morgan fingerprint density at radius 3 is 2.38 bits per heavy atom. The van der Waals surface area contributed by atoms with E-state index >= 15 is 0 Å². The summed E-state index contributed by atoms with van der Waals surface area (Å²) in [6, 6.07) is -1.80. The molecule has 2 amide bonds. The summed E-state index contributed by atoms with van der Waals surface area (Å²) in [5, 5.41) is 8.69. The number of amides is 2. The van der Waals surface area contributed by atoms with Gasteiger partial charge in [-0.2, -0.15) is 0 Å². The fourth-order valence-corrected chi connectivity index (χ4v) is 2.87. The van der Waals surface area contributed by atoms with Gasteiger partial charge in [0.15, 0.2) is 0 Å². The number of aromatic amines is 1. The average molecular weight is 380 g/mol. The molecule has 6 N–H and O–H groups in total. The van der Waals surface area contributed by atoms with Crippen LogP contribution in [-0.2, 0) is 16.0 Å². The number of aromatic nitrogens is 2. The third-order valence-electron chi connectivity index (χ3n) is 3.76. The molecule has 0 saturated heterocycles. The highest BCUT2D eigenvalue weighted by atomic mass is 32.1. The van der Waals surface area contributed by atoms with Crippen molar-refractivity contribution in [1.29, 1.82) is 0 Å². The minimum atomic E-state index is -0.768. The predicted molar refractivity (Wildman–Crippen MR) is 108 cm³/mol. The van der Waals surface area contributed by atoms with E-state index in [2.05, 4.69) is 25.9 Å². The van der Waals surface area contributed by atoms with Crippen LogP contribution in [0, 0.1) is 5.92 Å². The first-order chi connectivity index (χ1) is 12.1. The Morgan fingerprint density at radius 1 is 1.23 bits per heavy atom. The number of imidazole rings is 1. The summed E-state index contributed by atoms with van der Waals surface area (Å²) in [4.78, 5) is 32.0. The maximum Gasteiger partial charge on any atom is 0.242 e. The Labute approximate surface area is 160 Å². The van der Waals surface area contributed by atoms with Crippen molar-refractivity contribution in [3.8, 4) is 0 Å². The molecule has 1 aromatic rings. The van der Waals surface area contributed by atoms with Gasteiger partial charge in [-0.1, -0.05) is 33.0 Å². The van der Waals surface area contributed by atoms with Gasteiger partial charge in [0.1, 0.15) is 13.9 Å². The lowest BCUT2D eigenvalue weighted by Crippen LogP contribution is -2.56. The van der Waals surface area contributed by atoms with Gasteiger partial charge in [0.2, 0.25) is 11.8 Å². The van der Waals surface area contributed by atoms with Crippen LogP contribution >= 0.6 is 12.2 Å². The number of thiocarbonyl (C=S) groups is 1. The Hall–Kier alpha value is -1.94. The number of rotatable bonds is 9. The molecular formula is C16H29BN6O2S. The topological polar surface area (TPSA) is 125 Å². The molecule has 0 unspecified atom stereocenters. The van der Waals surface area contributed by atoms with Gasteiger partial charge in [-0.15, -0.1) is 0 Å². The molecule has 1 rings (SSSR count). The SMILES string of the molecule is B[C@H](C)NC(=S)[C@@H](NC(=O)[C@H](C)NC(=O)[C@@H](N)Cc1cnc[nH]1)C(C)C. The quantitative estimate of drug-likeness (QED) is 0.271. The number of H-pyrrole nitrogens is 1. The van der Waals surface area contributed by atoms with Gasteiger partial charge < -0.3 is 26.7 Å². The minimum absolute atomic E-state index is 0.114. The molecule has 0 fully saturated rings. The summed E-state index contributed by atoms with van der Waals surface area (Å²) in [7, 11) is 1.98. The normalized spacial score (nSPS) is 15.6. The highest BCUT2D eigenvalue weighted by Crippen LogP contribution is 2.05. The first-order valence-corrected chi connectivity index (χ1v) is 9.16. The van der Waals surface area contributed by atoms with Gasteiger partial charge in [0.05, 0.1) is 23.4 Å². The van der Waals surface area contributed by atoms with Crippen LogP contribution in [-0.4, -0.2) is 58.7 Å². The van der Waals surface area contributed by atoms with Gasteiger partial charge in [0.25, 0.3) is 0 Å². The largest absolute Gasteiger partial charge is 0.384 e. The zero-order valence-corrected chi connectivity index (χ0v) is 16.8. The van der Waals surface area contributed by atoms with Crippen molar-refractivity contribution >= 4 is 36.9 Å². The second-order valence-electron chi connectivity index (χ2n) is 7.01. The van der Waals surface area contributed by atoms with E-state index in [1.54, 1.807) is 13.1 Å². The molecule has 1 heterocycles. The molecule has 10 heteroatoms. The molecule has 0 aliphatic heterocycles. The molecule has 0 aromatic carbocycles. The molecular weight excluding hydrogens is 351 g/mol. The van der Waals surface area contributed by atoms with Crippen molar-refractivity contribution in [1.82, 2.24) is 25.9 Å². The van der Waals surface area contributed by atoms with Crippen molar-refractivity contribution in [3.63, 3.8) is 0 Å². The van der Waals surface area contributed by atoms with E-state index in [9.17, 15) is 9.59 Å². The Kier molecular flexibility index (Phi) is 8.73. The van der Waals surface area contributed by atoms with E-state index in [1.807, 2.05) is 28.6 Å². The average Bonchev–Trinajstić information content (AvgIpc) is 3.03. The lowest BCUT2D eigenvalue weighted by Gasteiger charge is -2.27. The van der Waals surface area contributed by atoms with Crippen LogP contribution in [0.25, 0.3) is 0 Å². The number of nitrogens with two attached hydrogens (primary N) is 1. The summed E-state index contributed by atoms with van der Waals surface area (Å²) < 4.78 is 0. The fourth-order valence-electron chi connectivity index (χ4n) is 2.30. The summed E-state index contributed by atoms with van der Waals surface area (Å²) >= 11 is 5.38. The van der Waals surface area contributed by atoms with E-state index in [0.717, 1.165) is 5.69 Å². The summed E-state index contributed by atoms with van der Waals surface area (Å²) in [5.41, 5.74) is 6.65. The molecule has 26 heavy (non-hydrogen) atoms. The monoisotopic (exact) mass is 380 g/mol. The second-order valence-corrected chi connectivity index (χ2v) is 7.45. The number of nitrogens with one attached hydrogen (secondary N) is 4. The van der Waals surface area contributed by atoms with Crippen molar-refractivity contribution in [3.05, 3.63) is 18.2 Å². The Balaban J connectivity index is 2.58.